The number of allylic oxidation sites excluding steroid dienone is 2. The van der Waals surface area contributed by atoms with Crippen molar-refractivity contribution in [3.8, 4) is 17.6 Å². The van der Waals surface area contributed by atoms with E-state index in [9.17, 15) is 22.8 Å². The first-order chi connectivity index (χ1) is 18.6. The van der Waals surface area contributed by atoms with Gasteiger partial charge in [0.2, 0.25) is 12.2 Å². The molecule has 14 heteroatoms. The molecule has 3 aromatic heterocycles. The second-order valence-corrected chi connectivity index (χ2v) is 8.51. The van der Waals surface area contributed by atoms with Crippen molar-refractivity contribution in [3.63, 3.8) is 0 Å². The molecule has 10 nitrogen and oxygen atoms in total. The molecule has 2 N–H and O–H groups in total. The number of benzene rings is 1. The number of nitrogens with one attached hydrogen (secondary N) is 2. The number of aromatic amines is 1. The molecular formula is C25H17ClF3N7O3. The average molecular weight is 556 g/mol. The summed E-state index contributed by atoms with van der Waals surface area (Å²) in [4.78, 5) is 34.6. The van der Waals surface area contributed by atoms with Gasteiger partial charge in [0.25, 0.3) is 5.56 Å². The van der Waals surface area contributed by atoms with Crippen molar-refractivity contribution in [2.45, 2.75) is 19.6 Å². The van der Waals surface area contributed by atoms with Crippen LogP contribution in [0.3, 0.4) is 0 Å². The van der Waals surface area contributed by atoms with Crippen molar-refractivity contribution < 1.29 is 22.7 Å². The van der Waals surface area contributed by atoms with E-state index in [0.717, 1.165) is 17.0 Å². The number of hydrogen-bond acceptors (Lipinski definition) is 7. The lowest BCUT2D eigenvalue weighted by Crippen LogP contribution is -2.26. The highest BCUT2D eigenvalue weighted by molar-refractivity contribution is 6.30. The zero-order valence-electron chi connectivity index (χ0n) is 20.0. The van der Waals surface area contributed by atoms with Crippen molar-refractivity contribution in [1.82, 2.24) is 24.9 Å². The fourth-order valence-corrected chi connectivity index (χ4v) is 3.90. The highest BCUT2D eigenvalue weighted by atomic mass is 35.5. The number of ether oxygens (including phenoxy) is 1. The SMILES string of the molecule is C/C(=C\C(=N/NC=O)c1ccnc2[nH]ccc12)Cn1cnc(C(F)(F)F)c(Oc2cc(Cl)cc(C#N)c2)c1=O. The summed E-state index contributed by atoms with van der Waals surface area (Å²) in [6.07, 6.45) is 0.898. The van der Waals surface area contributed by atoms with E-state index in [4.69, 9.17) is 21.6 Å². The number of nitriles is 1. The van der Waals surface area contributed by atoms with Crippen LogP contribution in [-0.2, 0) is 17.5 Å². The van der Waals surface area contributed by atoms with Crippen molar-refractivity contribution >= 4 is 34.8 Å². The van der Waals surface area contributed by atoms with Crippen molar-refractivity contribution in [3.05, 3.63) is 92.9 Å². The fraction of sp³-hybridized carbons (Fsp3) is 0.120. The molecule has 0 saturated carbocycles. The average Bonchev–Trinajstić information content (AvgIpc) is 3.37. The van der Waals surface area contributed by atoms with Gasteiger partial charge in [-0.2, -0.15) is 23.5 Å². The maximum absolute atomic E-state index is 13.7. The normalized spacial score (nSPS) is 12.3. The summed E-state index contributed by atoms with van der Waals surface area (Å²) in [6.45, 7) is 1.42. The Balaban J connectivity index is 1.74. The molecule has 0 spiro atoms. The van der Waals surface area contributed by atoms with E-state index >= 15 is 0 Å². The Morgan fingerprint density at radius 2 is 2.10 bits per heavy atom. The van der Waals surface area contributed by atoms with Crippen LogP contribution < -0.4 is 15.7 Å². The summed E-state index contributed by atoms with van der Waals surface area (Å²) in [5.41, 5.74) is 1.56. The van der Waals surface area contributed by atoms with Crippen molar-refractivity contribution in [2.24, 2.45) is 5.10 Å². The molecular weight excluding hydrogens is 539 g/mol. The largest absolute Gasteiger partial charge is 0.449 e. The highest BCUT2D eigenvalue weighted by Crippen LogP contribution is 2.35. The predicted molar refractivity (Wildman–Crippen MR) is 135 cm³/mol. The number of hydrazone groups is 1. The number of amides is 1. The van der Waals surface area contributed by atoms with Gasteiger partial charge in [-0.15, -0.1) is 0 Å². The summed E-state index contributed by atoms with van der Waals surface area (Å²) in [5, 5.41) is 13.9. The Labute approximate surface area is 223 Å². The monoisotopic (exact) mass is 555 g/mol. The van der Waals surface area contributed by atoms with E-state index in [1.54, 1.807) is 31.3 Å². The molecule has 0 radical (unpaired) electrons. The van der Waals surface area contributed by atoms with Gasteiger partial charge in [0, 0.05) is 34.9 Å². The second-order valence-electron chi connectivity index (χ2n) is 8.08. The topological polar surface area (TPSA) is 138 Å². The maximum Gasteiger partial charge on any atom is 0.437 e. The van der Waals surface area contributed by atoms with Crippen LogP contribution in [0.5, 0.6) is 11.5 Å². The van der Waals surface area contributed by atoms with Gasteiger partial charge in [-0.05, 0) is 43.3 Å². The molecule has 39 heavy (non-hydrogen) atoms. The number of nitrogens with zero attached hydrogens (tertiary/aromatic N) is 5. The standard InChI is InChI=1S/C25H17ClF3N7O3/c1-14(6-20(35-34-13-37)18-2-4-31-23-19(18)3-5-32-23)11-36-12-33-22(25(27,28)29)21(24(36)38)39-17-8-15(10-30)7-16(26)9-17/h2-9,12-13H,11H2,1H3,(H,31,32)(H,34,37)/b14-6+,35-20+. The number of rotatable bonds is 8. The van der Waals surface area contributed by atoms with Gasteiger partial charge < -0.3 is 9.72 Å². The molecule has 0 aliphatic rings. The number of carbonyl (C=O) groups excluding carboxylic acids is 1. The number of pyridine rings is 1. The molecule has 1 amide bonds. The van der Waals surface area contributed by atoms with Gasteiger partial charge in [0.15, 0.2) is 5.69 Å². The quantitative estimate of drug-likeness (QED) is 0.186. The van der Waals surface area contributed by atoms with Crippen LogP contribution in [0.4, 0.5) is 13.2 Å². The van der Waals surface area contributed by atoms with Gasteiger partial charge in [-0.25, -0.2) is 15.4 Å². The number of hydrogen-bond donors (Lipinski definition) is 2. The van der Waals surface area contributed by atoms with Gasteiger partial charge in [0.1, 0.15) is 11.4 Å². The van der Waals surface area contributed by atoms with E-state index in [1.807, 2.05) is 6.07 Å². The molecule has 0 bridgehead atoms. The van der Waals surface area contributed by atoms with E-state index in [1.165, 1.54) is 18.3 Å². The summed E-state index contributed by atoms with van der Waals surface area (Å²) >= 11 is 5.93. The number of carbonyl (C=O) groups is 1. The zero-order chi connectivity index (χ0) is 28.2. The molecule has 0 unspecified atom stereocenters. The third-order valence-corrected chi connectivity index (χ3v) is 5.48. The zero-order valence-corrected chi connectivity index (χ0v) is 20.7. The first-order valence-corrected chi connectivity index (χ1v) is 11.4. The summed E-state index contributed by atoms with van der Waals surface area (Å²) in [6, 6.07) is 8.85. The lowest BCUT2D eigenvalue weighted by atomic mass is 10.1. The van der Waals surface area contributed by atoms with Crippen LogP contribution in [0.2, 0.25) is 5.02 Å². The Morgan fingerprint density at radius 3 is 2.82 bits per heavy atom. The van der Waals surface area contributed by atoms with Gasteiger partial charge in [0.05, 0.1) is 23.7 Å². The molecule has 1 aromatic carbocycles. The smallest absolute Gasteiger partial charge is 0.437 e. The molecule has 0 aliphatic carbocycles. The number of halogens is 4. The number of H-pyrrole nitrogens is 1. The predicted octanol–water partition coefficient (Wildman–Crippen LogP) is 4.55. The molecule has 0 atom stereocenters. The number of alkyl halides is 3. The van der Waals surface area contributed by atoms with Crippen molar-refractivity contribution in [1.29, 1.82) is 5.26 Å². The van der Waals surface area contributed by atoms with Crippen LogP contribution in [-0.4, -0.2) is 31.6 Å². The van der Waals surface area contributed by atoms with E-state index in [0.29, 0.717) is 34.3 Å². The van der Waals surface area contributed by atoms with E-state index in [-0.39, 0.29) is 22.9 Å². The maximum atomic E-state index is 13.7. The molecule has 4 aromatic rings. The van der Waals surface area contributed by atoms with Crippen LogP contribution in [0, 0.1) is 11.3 Å². The van der Waals surface area contributed by atoms with Gasteiger partial charge >= 0.3 is 6.18 Å². The molecule has 4 rings (SSSR count). The Kier molecular flexibility index (Phi) is 7.78. The Morgan fingerprint density at radius 1 is 1.31 bits per heavy atom. The van der Waals surface area contributed by atoms with E-state index < -0.39 is 23.2 Å². The molecule has 198 valence electrons. The minimum absolute atomic E-state index is 0.0254. The highest BCUT2D eigenvalue weighted by Gasteiger charge is 2.38. The molecule has 0 saturated heterocycles. The second kappa shape index (κ2) is 11.2. The Hall–Kier alpha value is -4.96. The van der Waals surface area contributed by atoms with Crippen LogP contribution in [0.15, 0.2) is 70.6 Å². The minimum atomic E-state index is -5.00. The van der Waals surface area contributed by atoms with Gasteiger partial charge in [-0.1, -0.05) is 17.2 Å². The molecule has 3 heterocycles. The van der Waals surface area contributed by atoms with E-state index in [2.05, 4.69) is 25.5 Å². The summed E-state index contributed by atoms with van der Waals surface area (Å²) in [7, 11) is 0. The number of fused-ring (bicyclic) bond motifs is 1. The Bertz CT molecular complexity index is 1720. The fourth-order valence-electron chi connectivity index (χ4n) is 3.68. The third kappa shape index (κ3) is 6.13. The van der Waals surface area contributed by atoms with Crippen LogP contribution >= 0.6 is 11.6 Å². The van der Waals surface area contributed by atoms with Gasteiger partial charge in [-0.3, -0.25) is 14.2 Å². The lowest BCUT2D eigenvalue weighted by Gasteiger charge is -2.15. The molecule has 0 aliphatic heterocycles. The minimum Gasteiger partial charge on any atom is -0.449 e. The number of aromatic nitrogens is 4. The molecule has 0 fully saturated rings. The van der Waals surface area contributed by atoms with Crippen molar-refractivity contribution in [2.75, 3.05) is 0 Å². The first-order valence-electron chi connectivity index (χ1n) is 11.0. The summed E-state index contributed by atoms with van der Waals surface area (Å²) in [5.74, 6) is -1.32. The summed E-state index contributed by atoms with van der Waals surface area (Å²) < 4.78 is 47.3. The van der Waals surface area contributed by atoms with Crippen LogP contribution in [0.1, 0.15) is 23.7 Å². The third-order valence-electron chi connectivity index (χ3n) is 5.26. The first kappa shape index (κ1) is 27.1. The lowest BCUT2D eigenvalue weighted by molar-refractivity contribution is -0.142. The van der Waals surface area contributed by atoms with Crippen LogP contribution in [0.25, 0.3) is 11.0 Å².